The summed E-state index contributed by atoms with van der Waals surface area (Å²) in [5.41, 5.74) is -0.258. The molecule has 0 aliphatic heterocycles. The van der Waals surface area contributed by atoms with E-state index in [4.69, 9.17) is 0 Å². The van der Waals surface area contributed by atoms with Crippen LogP contribution in [0.2, 0.25) is 0 Å². The molecule has 0 aliphatic rings. The molecule has 222 valence electrons. The Hall–Kier alpha value is -6.19. The Bertz CT molecular complexity index is 1720. The van der Waals surface area contributed by atoms with Crippen molar-refractivity contribution in [2.45, 2.75) is 18.9 Å². The second-order valence-corrected chi connectivity index (χ2v) is 9.26. The van der Waals surface area contributed by atoms with E-state index in [0.717, 1.165) is 24.3 Å². The van der Waals surface area contributed by atoms with E-state index in [9.17, 15) is 50.2 Å². The molecule has 0 saturated heterocycles. The average molecular weight is 593 g/mol. The van der Waals surface area contributed by atoms with Crippen LogP contribution in [0.15, 0.2) is 67.1 Å². The maximum Gasteiger partial charge on any atom is 0.300 e. The van der Waals surface area contributed by atoms with Gasteiger partial charge in [-0.2, -0.15) is 0 Å². The van der Waals surface area contributed by atoms with Crippen LogP contribution in [0.5, 0.6) is 23.0 Å². The van der Waals surface area contributed by atoms with Crippen molar-refractivity contribution in [2.24, 2.45) is 0 Å². The Balaban J connectivity index is 1.55. The first-order valence-electron chi connectivity index (χ1n) is 12.5. The number of hydrogen-bond donors (Lipinski definition) is 6. The highest BCUT2D eigenvalue weighted by molar-refractivity contribution is 5.98. The lowest BCUT2D eigenvalue weighted by Gasteiger charge is -2.18. The lowest BCUT2D eigenvalue weighted by molar-refractivity contribution is -0.394. The van der Waals surface area contributed by atoms with Gasteiger partial charge in [-0.25, -0.2) is 4.98 Å². The number of nitrogens with zero attached hydrogens (tertiary/aromatic N) is 4. The first-order chi connectivity index (χ1) is 20.4. The maximum atomic E-state index is 13.2. The van der Waals surface area contributed by atoms with Crippen LogP contribution < -0.4 is 10.6 Å². The third-order valence-corrected chi connectivity index (χ3v) is 6.31. The van der Waals surface area contributed by atoms with Crippen LogP contribution in [0.3, 0.4) is 0 Å². The van der Waals surface area contributed by atoms with Gasteiger partial charge in [0.05, 0.1) is 27.9 Å². The third kappa shape index (κ3) is 7.12. The van der Waals surface area contributed by atoms with Gasteiger partial charge in [0.25, 0.3) is 17.3 Å². The van der Waals surface area contributed by atoms with E-state index in [1.54, 1.807) is 6.07 Å². The molecule has 16 nitrogen and oxygen atoms in total. The number of phenolic OH excluding ortho intramolecular Hbond substituents is 4. The molecule has 0 spiro atoms. The summed E-state index contributed by atoms with van der Waals surface area (Å²) >= 11 is 0. The number of carbonyl (C=O) groups is 2. The summed E-state index contributed by atoms with van der Waals surface area (Å²) in [5.74, 6) is -3.00. The van der Waals surface area contributed by atoms with Crippen molar-refractivity contribution in [3.8, 4) is 28.7 Å². The lowest BCUT2D eigenvalue weighted by atomic mass is 10.1. The Kier molecular flexibility index (Phi) is 8.69. The largest absolute Gasteiger partial charge is 0.504 e. The number of amides is 2. The normalized spacial score (nSPS) is 11.4. The molecule has 4 rings (SSSR count). The highest BCUT2D eigenvalue weighted by Gasteiger charge is 2.25. The number of hydrogen-bond acceptors (Lipinski definition) is 11. The van der Waals surface area contributed by atoms with E-state index >= 15 is 0 Å². The number of carbonyl (C=O) groups excluding carboxylic acids is 2. The molecule has 6 N–H and O–H groups in total. The summed E-state index contributed by atoms with van der Waals surface area (Å²) in [5, 5.41) is 66.3. The number of aromatic nitrogens is 2. The smallest absolute Gasteiger partial charge is 0.300 e. The van der Waals surface area contributed by atoms with Gasteiger partial charge < -0.3 is 31.1 Å². The second-order valence-electron chi connectivity index (χ2n) is 9.26. The zero-order valence-corrected chi connectivity index (χ0v) is 22.1. The molecular weight excluding hydrogens is 568 g/mol. The topological polar surface area (TPSA) is 243 Å². The van der Waals surface area contributed by atoms with Gasteiger partial charge in [-0.05, 0) is 48.4 Å². The fourth-order valence-electron chi connectivity index (χ4n) is 4.09. The fraction of sp³-hybridized carbons (Fsp3) is 0.148. The molecule has 0 fully saturated rings. The van der Waals surface area contributed by atoms with Crippen molar-refractivity contribution in [3.05, 3.63) is 104 Å². The van der Waals surface area contributed by atoms with Gasteiger partial charge in [-0.1, -0.05) is 6.07 Å². The average Bonchev–Trinajstić information content (AvgIpc) is 3.43. The molecular formula is C27H24N6O10. The van der Waals surface area contributed by atoms with Crippen molar-refractivity contribution in [1.82, 2.24) is 20.2 Å². The van der Waals surface area contributed by atoms with Crippen LogP contribution in [0.1, 0.15) is 21.6 Å². The number of phenols is 4. The molecule has 1 heterocycles. The Morgan fingerprint density at radius 3 is 2.23 bits per heavy atom. The molecule has 0 saturated carbocycles. The number of aromatic hydroxyl groups is 4. The van der Waals surface area contributed by atoms with Crippen LogP contribution in [0.25, 0.3) is 5.69 Å². The first-order valence-corrected chi connectivity index (χ1v) is 12.5. The van der Waals surface area contributed by atoms with E-state index in [1.807, 2.05) is 0 Å². The zero-order valence-electron chi connectivity index (χ0n) is 22.1. The van der Waals surface area contributed by atoms with Crippen molar-refractivity contribution >= 4 is 23.2 Å². The van der Waals surface area contributed by atoms with Crippen molar-refractivity contribution in [2.75, 3.05) is 6.54 Å². The summed E-state index contributed by atoms with van der Waals surface area (Å²) in [4.78, 5) is 51.4. The standard InChI is InChI=1S/C27H24N6O10/c34-22-5-1-15(9-24(22)36)7-8-28-27(39)19(30-26(38)16-2-6-23(35)25(37)10-16)11-17-13-31(14-29-17)20-4-3-18(32(40)41)12-21(20)33(42)43/h1-6,9-10,12-14,19,34-37H,7-8,11H2,(H,28,39)(H,30,38)/t19-/m0/s1. The molecule has 16 heteroatoms. The Morgan fingerprint density at radius 1 is 0.884 bits per heavy atom. The highest BCUT2D eigenvalue weighted by Crippen LogP contribution is 2.28. The fourth-order valence-corrected chi connectivity index (χ4v) is 4.09. The van der Waals surface area contributed by atoms with Crippen LogP contribution in [-0.4, -0.2) is 64.2 Å². The summed E-state index contributed by atoms with van der Waals surface area (Å²) in [6.07, 6.45) is 2.67. The molecule has 43 heavy (non-hydrogen) atoms. The molecule has 3 aromatic carbocycles. The molecule has 4 aromatic rings. The molecule has 0 radical (unpaired) electrons. The van der Waals surface area contributed by atoms with Gasteiger partial charge in [0.15, 0.2) is 23.0 Å². The number of non-ortho nitro benzene ring substituents is 1. The minimum atomic E-state index is -1.23. The van der Waals surface area contributed by atoms with E-state index < -0.39 is 50.6 Å². The zero-order chi connectivity index (χ0) is 31.3. The van der Waals surface area contributed by atoms with Crippen molar-refractivity contribution in [1.29, 1.82) is 0 Å². The van der Waals surface area contributed by atoms with Gasteiger partial charge in [0.1, 0.15) is 11.7 Å². The van der Waals surface area contributed by atoms with E-state index in [-0.39, 0.29) is 47.8 Å². The molecule has 1 atom stereocenters. The van der Waals surface area contributed by atoms with E-state index in [1.165, 1.54) is 41.4 Å². The van der Waals surface area contributed by atoms with E-state index in [0.29, 0.717) is 5.56 Å². The van der Waals surface area contributed by atoms with Crippen LogP contribution in [0.4, 0.5) is 11.4 Å². The van der Waals surface area contributed by atoms with Gasteiger partial charge in [0.2, 0.25) is 5.91 Å². The summed E-state index contributed by atoms with van der Waals surface area (Å²) in [6.45, 7) is 0.0822. The molecule has 0 aliphatic carbocycles. The number of nitrogens with one attached hydrogen (secondary N) is 2. The monoisotopic (exact) mass is 592 g/mol. The first kappa shape index (κ1) is 29.8. The maximum absolute atomic E-state index is 13.2. The molecule has 2 amide bonds. The summed E-state index contributed by atoms with van der Waals surface area (Å²) in [7, 11) is 0. The predicted octanol–water partition coefficient (Wildman–Crippen LogP) is 2.21. The van der Waals surface area contributed by atoms with Gasteiger partial charge in [-0.3, -0.25) is 34.4 Å². The molecule has 0 bridgehead atoms. The third-order valence-electron chi connectivity index (χ3n) is 6.31. The minimum absolute atomic E-state index is 0.0175. The van der Waals surface area contributed by atoms with Gasteiger partial charge in [0, 0.05) is 30.8 Å². The quantitative estimate of drug-likeness (QED) is 0.0837. The molecule has 1 aromatic heterocycles. The lowest BCUT2D eigenvalue weighted by Crippen LogP contribution is -2.48. The second kappa shape index (κ2) is 12.5. The number of rotatable bonds is 11. The van der Waals surface area contributed by atoms with Crippen LogP contribution in [0, 0.1) is 20.2 Å². The number of imidazole rings is 1. The predicted molar refractivity (Wildman–Crippen MR) is 148 cm³/mol. The van der Waals surface area contributed by atoms with Gasteiger partial charge in [-0.15, -0.1) is 0 Å². The van der Waals surface area contributed by atoms with E-state index in [2.05, 4.69) is 15.6 Å². The van der Waals surface area contributed by atoms with Crippen molar-refractivity contribution < 1.29 is 39.9 Å². The molecule has 0 unspecified atom stereocenters. The number of nitro groups is 2. The minimum Gasteiger partial charge on any atom is -0.504 e. The highest BCUT2D eigenvalue weighted by atomic mass is 16.6. The van der Waals surface area contributed by atoms with Crippen LogP contribution in [-0.2, 0) is 17.6 Å². The van der Waals surface area contributed by atoms with Crippen LogP contribution >= 0.6 is 0 Å². The number of nitro benzene ring substituents is 2. The SMILES string of the molecule is O=C(N[C@@H](Cc1cn(-c2ccc([N+](=O)[O-])cc2[N+](=O)[O-])cn1)C(=O)NCCc1ccc(O)c(O)c1)c1ccc(O)c(O)c1. The van der Waals surface area contributed by atoms with Crippen molar-refractivity contribution in [3.63, 3.8) is 0 Å². The summed E-state index contributed by atoms with van der Waals surface area (Å²) in [6, 6.07) is 9.41. The number of benzene rings is 3. The summed E-state index contributed by atoms with van der Waals surface area (Å²) < 4.78 is 1.25. The van der Waals surface area contributed by atoms with Gasteiger partial charge >= 0.3 is 0 Å². The Morgan fingerprint density at radius 2 is 1.58 bits per heavy atom. The Labute approximate surface area is 241 Å².